The van der Waals surface area contributed by atoms with Crippen LogP contribution >= 0.6 is 27.5 Å². The van der Waals surface area contributed by atoms with Gasteiger partial charge in [0.1, 0.15) is 6.54 Å². The molecule has 4 aromatic rings. The molecule has 4 aromatic carbocycles. The van der Waals surface area contributed by atoms with Crippen molar-refractivity contribution in [3.8, 4) is 0 Å². The summed E-state index contributed by atoms with van der Waals surface area (Å²) in [6.07, 6.45) is 0. The first kappa shape index (κ1) is 27.6. The number of nitrogens with zero attached hydrogens (tertiary/aromatic N) is 1. The number of benzene rings is 4. The van der Waals surface area contributed by atoms with Gasteiger partial charge in [0.25, 0.3) is 20.0 Å². The molecule has 0 atom stereocenters. The molecule has 0 radical (unpaired) electrons. The van der Waals surface area contributed by atoms with Gasteiger partial charge in [0, 0.05) is 20.9 Å². The number of hydrogen-bond acceptors (Lipinski definition) is 5. The Morgan fingerprint density at radius 3 is 1.92 bits per heavy atom. The number of rotatable bonds is 9. The van der Waals surface area contributed by atoms with Gasteiger partial charge in [-0.1, -0.05) is 45.7 Å². The number of carbonyl (C=O) groups excluding carboxylic acids is 1. The third-order valence-corrected chi connectivity index (χ3v) is 9.24. The zero-order valence-electron chi connectivity index (χ0n) is 19.6. The van der Waals surface area contributed by atoms with Crippen LogP contribution in [0.1, 0.15) is 0 Å². The molecule has 38 heavy (non-hydrogen) atoms. The Bertz CT molecular complexity index is 1630. The second kappa shape index (κ2) is 11.6. The molecule has 0 saturated heterocycles. The average molecular weight is 635 g/mol. The van der Waals surface area contributed by atoms with Crippen molar-refractivity contribution >= 4 is 70.5 Å². The highest BCUT2D eigenvalue weighted by atomic mass is 79.9. The van der Waals surface area contributed by atoms with Crippen LogP contribution in [0.15, 0.2) is 117 Å². The van der Waals surface area contributed by atoms with Gasteiger partial charge in [0.05, 0.1) is 15.5 Å². The predicted octanol–water partition coefficient (Wildman–Crippen LogP) is 5.74. The fraction of sp³-hybridized carbons (Fsp3) is 0.0385. The van der Waals surface area contributed by atoms with Gasteiger partial charge in [-0.2, -0.15) is 0 Å². The molecule has 196 valence electrons. The lowest BCUT2D eigenvalue weighted by atomic mass is 10.3. The second-order valence-corrected chi connectivity index (χ2v) is 12.9. The van der Waals surface area contributed by atoms with Crippen molar-refractivity contribution in [3.63, 3.8) is 0 Å². The van der Waals surface area contributed by atoms with Gasteiger partial charge in [-0.25, -0.2) is 16.8 Å². The van der Waals surface area contributed by atoms with Crippen LogP contribution in [0.4, 0.5) is 17.1 Å². The molecule has 2 N–H and O–H groups in total. The Hall–Kier alpha value is -3.38. The van der Waals surface area contributed by atoms with Crippen LogP contribution in [0.5, 0.6) is 0 Å². The van der Waals surface area contributed by atoms with Crippen molar-refractivity contribution in [3.05, 3.63) is 113 Å². The highest BCUT2D eigenvalue weighted by Crippen LogP contribution is 2.26. The molecule has 0 unspecified atom stereocenters. The van der Waals surface area contributed by atoms with Gasteiger partial charge in [-0.3, -0.25) is 13.8 Å². The lowest BCUT2D eigenvalue weighted by Gasteiger charge is -2.24. The molecule has 1 amide bonds. The number of halogens is 2. The average Bonchev–Trinajstić information content (AvgIpc) is 2.90. The van der Waals surface area contributed by atoms with E-state index in [1.807, 2.05) is 0 Å². The summed E-state index contributed by atoms with van der Waals surface area (Å²) >= 11 is 9.16. The molecule has 0 fully saturated rings. The fourth-order valence-electron chi connectivity index (χ4n) is 3.42. The van der Waals surface area contributed by atoms with Gasteiger partial charge in [-0.05, 0) is 84.9 Å². The monoisotopic (exact) mass is 633 g/mol. The van der Waals surface area contributed by atoms with Crippen LogP contribution in [-0.4, -0.2) is 29.3 Å². The summed E-state index contributed by atoms with van der Waals surface area (Å²) in [5.74, 6) is -0.609. The number of nitrogens with one attached hydrogen (secondary N) is 2. The van der Waals surface area contributed by atoms with E-state index in [4.69, 9.17) is 11.6 Å². The molecule has 0 aromatic heterocycles. The van der Waals surface area contributed by atoms with E-state index in [1.165, 1.54) is 48.5 Å². The van der Waals surface area contributed by atoms with E-state index in [0.29, 0.717) is 22.1 Å². The van der Waals surface area contributed by atoms with E-state index in [2.05, 4.69) is 26.0 Å². The molecule has 8 nitrogen and oxygen atoms in total. The first-order valence-electron chi connectivity index (χ1n) is 11.1. The molecule has 0 aliphatic heterocycles. The van der Waals surface area contributed by atoms with E-state index < -0.39 is 32.5 Å². The molecule has 0 heterocycles. The Kier molecular flexibility index (Phi) is 8.41. The van der Waals surface area contributed by atoms with Crippen LogP contribution in [0.2, 0.25) is 5.02 Å². The highest BCUT2D eigenvalue weighted by molar-refractivity contribution is 9.10. The largest absolute Gasteiger partial charge is 0.325 e. The second-order valence-electron chi connectivity index (χ2n) is 7.99. The predicted molar refractivity (Wildman–Crippen MR) is 152 cm³/mol. The quantitative estimate of drug-likeness (QED) is 0.244. The summed E-state index contributed by atoms with van der Waals surface area (Å²) in [6, 6.07) is 26.1. The Morgan fingerprint density at radius 1 is 0.737 bits per heavy atom. The van der Waals surface area contributed by atoms with Crippen LogP contribution in [0.3, 0.4) is 0 Å². The van der Waals surface area contributed by atoms with E-state index in [0.717, 1.165) is 8.78 Å². The van der Waals surface area contributed by atoms with Crippen molar-refractivity contribution in [2.45, 2.75) is 9.79 Å². The maximum Gasteiger partial charge on any atom is 0.264 e. The Morgan fingerprint density at radius 2 is 1.32 bits per heavy atom. The maximum atomic E-state index is 13.4. The smallest absolute Gasteiger partial charge is 0.264 e. The van der Waals surface area contributed by atoms with E-state index in [-0.39, 0.29) is 9.79 Å². The Labute approximate surface area is 234 Å². The molecule has 0 aliphatic carbocycles. The van der Waals surface area contributed by atoms with Gasteiger partial charge in [0.2, 0.25) is 5.91 Å². The first-order chi connectivity index (χ1) is 18.0. The first-order valence-corrected chi connectivity index (χ1v) is 15.2. The van der Waals surface area contributed by atoms with Crippen LogP contribution in [0.25, 0.3) is 0 Å². The van der Waals surface area contributed by atoms with Gasteiger partial charge in [-0.15, -0.1) is 0 Å². The molecular weight excluding hydrogens is 614 g/mol. The summed E-state index contributed by atoms with van der Waals surface area (Å²) < 4.78 is 56.3. The van der Waals surface area contributed by atoms with E-state index in [9.17, 15) is 21.6 Å². The molecule has 0 saturated carbocycles. The normalized spacial score (nSPS) is 11.5. The lowest BCUT2D eigenvalue weighted by Crippen LogP contribution is -2.38. The van der Waals surface area contributed by atoms with E-state index >= 15 is 0 Å². The van der Waals surface area contributed by atoms with Crippen molar-refractivity contribution < 1.29 is 21.6 Å². The van der Waals surface area contributed by atoms with Crippen LogP contribution in [-0.2, 0) is 24.8 Å². The summed E-state index contributed by atoms with van der Waals surface area (Å²) in [5.41, 5.74) is 0.953. The number of carbonyl (C=O) groups is 1. The summed E-state index contributed by atoms with van der Waals surface area (Å²) in [4.78, 5) is 12.9. The Balaban J connectivity index is 1.51. The number of anilines is 3. The number of amides is 1. The van der Waals surface area contributed by atoms with Gasteiger partial charge < -0.3 is 5.32 Å². The molecule has 12 heteroatoms. The molecular formula is C26H21BrClN3O5S2. The van der Waals surface area contributed by atoms with Crippen molar-refractivity contribution in [2.24, 2.45) is 0 Å². The van der Waals surface area contributed by atoms with E-state index in [1.54, 1.807) is 54.6 Å². The summed E-state index contributed by atoms with van der Waals surface area (Å²) in [7, 11) is -7.93. The maximum absolute atomic E-state index is 13.4. The fourth-order valence-corrected chi connectivity index (χ4v) is 6.31. The summed E-state index contributed by atoms with van der Waals surface area (Å²) in [6.45, 7) is -0.503. The molecule has 0 aliphatic rings. The minimum Gasteiger partial charge on any atom is -0.325 e. The van der Waals surface area contributed by atoms with Crippen LogP contribution in [0, 0.1) is 0 Å². The standard InChI is InChI=1S/C26H21BrClN3O5S2/c27-19-6-14-23(15-7-19)31(38(35,36)25-4-2-1-3-5-25)18-26(32)29-21-12-16-24(17-13-21)37(33,34)30-22-10-8-20(28)9-11-22/h1-17,30H,18H2,(H,29,32). The topological polar surface area (TPSA) is 113 Å². The molecule has 4 rings (SSSR count). The van der Waals surface area contributed by atoms with Crippen molar-refractivity contribution in [2.75, 3.05) is 20.9 Å². The molecule has 0 bridgehead atoms. The zero-order valence-corrected chi connectivity index (χ0v) is 23.6. The number of sulfonamides is 2. The third kappa shape index (κ3) is 6.73. The lowest BCUT2D eigenvalue weighted by molar-refractivity contribution is -0.114. The highest BCUT2D eigenvalue weighted by Gasteiger charge is 2.27. The van der Waals surface area contributed by atoms with Gasteiger partial charge >= 0.3 is 0 Å². The minimum absolute atomic E-state index is 0.0198. The zero-order chi connectivity index (χ0) is 27.3. The minimum atomic E-state index is -4.05. The van der Waals surface area contributed by atoms with Crippen LogP contribution < -0.4 is 14.3 Å². The van der Waals surface area contributed by atoms with Crippen molar-refractivity contribution in [1.29, 1.82) is 0 Å². The SMILES string of the molecule is O=C(CN(c1ccc(Br)cc1)S(=O)(=O)c1ccccc1)Nc1ccc(S(=O)(=O)Nc2ccc(Cl)cc2)cc1. The summed E-state index contributed by atoms with van der Waals surface area (Å²) in [5, 5.41) is 3.10. The number of hydrogen-bond donors (Lipinski definition) is 2. The van der Waals surface area contributed by atoms with Crippen molar-refractivity contribution in [1.82, 2.24) is 0 Å². The molecule has 0 spiro atoms. The third-order valence-electron chi connectivity index (χ3n) is 5.28. The van der Waals surface area contributed by atoms with Gasteiger partial charge in [0.15, 0.2) is 0 Å².